The maximum atomic E-state index is 12.3. The molecule has 110 valence electrons. The van der Waals surface area contributed by atoms with Gasteiger partial charge in [-0.3, -0.25) is 4.79 Å². The number of rotatable bonds is 5. The van der Waals surface area contributed by atoms with E-state index in [-0.39, 0.29) is 12.0 Å². The second-order valence-electron chi connectivity index (χ2n) is 5.35. The minimum atomic E-state index is -0.368. The van der Waals surface area contributed by atoms with Crippen molar-refractivity contribution in [3.63, 3.8) is 0 Å². The number of nitrogens with zero attached hydrogens (tertiary/aromatic N) is 1. The van der Waals surface area contributed by atoms with Gasteiger partial charge in [0.1, 0.15) is 6.10 Å². The van der Waals surface area contributed by atoms with Crippen molar-refractivity contribution in [3.8, 4) is 0 Å². The second-order valence-corrected chi connectivity index (χ2v) is 5.35. The minimum absolute atomic E-state index is 0.0729. The van der Waals surface area contributed by atoms with Gasteiger partial charge < -0.3 is 15.4 Å². The molecule has 2 N–H and O–H groups in total. The molecule has 2 rings (SSSR count). The molecule has 1 aliphatic rings. The molecule has 0 bridgehead atoms. The predicted molar refractivity (Wildman–Crippen MR) is 79.4 cm³/mol. The van der Waals surface area contributed by atoms with Crippen molar-refractivity contribution in [3.05, 3.63) is 35.9 Å². The molecular weight excluding hydrogens is 252 g/mol. The van der Waals surface area contributed by atoms with E-state index in [4.69, 9.17) is 10.5 Å². The zero-order valence-electron chi connectivity index (χ0n) is 12.3. The fraction of sp³-hybridized carbons (Fsp3) is 0.562. The Balaban J connectivity index is 2.08. The van der Waals surface area contributed by atoms with Crippen LogP contribution in [0.1, 0.15) is 25.3 Å². The highest BCUT2D eigenvalue weighted by Gasteiger charge is 2.36. The molecule has 1 heterocycles. The fourth-order valence-electron chi connectivity index (χ4n) is 2.95. The summed E-state index contributed by atoms with van der Waals surface area (Å²) in [4.78, 5) is 14.2. The summed E-state index contributed by atoms with van der Waals surface area (Å²) < 4.78 is 5.40. The number of ether oxygens (including phenoxy) is 1. The summed E-state index contributed by atoms with van der Waals surface area (Å²) in [5, 5.41) is 0. The van der Waals surface area contributed by atoms with Gasteiger partial charge in [0.25, 0.3) is 5.91 Å². The van der Waals surface area contributed by atoms with Gasteiger partial charge in [0.15, 0.2) is 0 Å². The van der Waals surface area contributed by atoms with E-state index < -0.39 is 0 Å². The first kappa shape index (κ1) is 15.0. The Kier molecular flexibility index (Phi) is 5.15. The highest BCUT2D eigenvalue weighted by Crippen LogP contribution is 2.32. The predicted octanol–water partition coefficient (Wildman–Crippen LogP) is 1.61. The lowest BCUT2D eigenvalue weighted by molar-refractivity contribution is -0.141. The molecule has 0 aliphatic carbocycles. The molecule has 1 fully saturated rings. The molecule has 1 aromatic rings. The first-order valence-electron chi connectivity index (χ1n) is 7.32. The SMILES string of the molecule is CCOC(C)C(=O)N1C[C@@H](CN)[C@H](c2ccccc2)C1. The summed E-state index contributed by atoms with van der Waals surface area (Å²) in [6, 6.07) is 10.3. The first-order valence-corrected chi connectivity index (χ1v) is 7.32. The van der Waals surface area contributed by atoms with Crippen LogP contribution in [0.5, 0.6) is 0 Å². The molecule has 0 spiro atoms. The van der Waals surface area contributed by atoms with Gasteiger partial charge in [-0.15, -0.1) is 0 Å². The van der Waals surface area contributed by atoms with Crippen LogP contribution in [0.4, 0.5) is 0 Å². The third-order valence-corrected chi connectivity index (χ3v) is 4.05. The molecule has 3 atom stereocenters. The number of hydrogen-bond donors (Lipinski definition) is 1. The number of likely N-dealkylation sites (tertiary alicyclic amines) is 1. The fourth-order valence-corrected chi connectivity index (χ4v) is 2.95. The Morgan fingerprint density at radius 1 is 1.40 bits per heavy atom. The number of carbonyl (C=O) groups excluding carboxylic acids is 1. The lowest BCUT2D eigenvalue weighted by atomic mass is 9.89. The van der Waals surface area contributed by atoms with Gasteiger partial charge in [0, 0.05) is 25.6 Å². The van der Waals surface area contributed by atoms with Crippen LogP contribution in [0.2, 0.25) is 0 Å². The molecule has 1 amide bonds. The van der Waals surface area contributed by atoms with E-state index in [9.17, 15) is 4.79 Å². The number of hydrogen-bond acceptors (Lipinski definition) is 3. The third-order valence-electron chi connectivity index (χ3n) is 4.05. The number of carbonyl (C=O) groups is 1. The van der Waals surface area contributed by atoms with Gasteiger partial charge in [0.2, 0.25) is 0 Å². The van der Waals surface area contributed by atoms with Gasteiger partial charge >= 0.3 is 0 Å². The van der Waals surface area contributed by atoms with Gasteiger partial charge in [-0.05, 0) is 31.9 Å². The van der Waals surface area contributed by atoms with Crippen molar-refractivity contribution < 1.29 is 9.53 Å². The lowest BCUT2D eigenvalue weighted by Gasteiger charge is -2.20. The van der Waals surface area contributed by atoms with E-state index in [1.807, 2.05) is 36.9 Å². The molecule has 20 heavy (non-hydrogen) atoms. The smallest absolute Gasteiger partial charge is 0.251 e. The highest BCUT2D eigenvalue weighted by molar-refractivity contribution is 5.81. The minimum Gasteiger partial charge on any atom is -0.369 e. The molecule has 4 heteroatoms. The Morgan fingerprint density at radius 3 is 2.70 bits per heavy atom. The maximum Gasteiger partial charge on any atom is 0.251 e. The van der Waals surface area contributed by atoms with Crippen LogP contribution in [0.25, 0.3) is 0 Å². The Labute approximate surface area is 120 Å². The topological polar surface area (TPSA) is 55.6 Å². The Bertz CT molecular complexity index is 435. The van der Waals surface area contributed by atoms with E-state index in [1.165, 1.54) is 5.56 Å². The molecule has 1 aliphatic heterocycles. The molecule has 0 saturated carbocycles. The van der Waals surface area contributed by atoms with Crippen molar-refractivity contribution in [2.75, 3.05) is 26.2 Å². The highest BCUT2D eigenvalue weighted by atomic mass is 16.5. The second kappa shape index (κ2) is 6.86. The average molecular weight is 276 g/mol. The first-order chi connectivity index (χ1) is 9.67. The van der Waals surface area contributed by atoms with E-state index in [0.717, 1.165) is 13.1 Å². The van der Waals surface area contributed by atoms with Crippen molar-refractivity contribution in [2.24, 2.45) is 11.7 Å². The zero-order chi connectivity index (χ0) is 14.5. The van der Waals surface area contributed by atoms with E-state index in [0.29, 0.717) is 25.0 Å². The van der Waals surface area contributed by atoms with Gasteiger partial charge in [-0.2, -0.15) is 0 Å². The van der Waals surface area contributed by atoms with Crippen LogP contribution in [-0.2, 0) is 9.53 Å². The quantitative estimate of drug-likeness (QED) is 0.889. The van der Waals surface area contributed by atoms with E-state index in [1.54, 1.807) is 0 Å². The molecule has 4 nitrogen and oxygen atoms in total. The molecule has 0 radical (unpaired) electrons. The van der Waals surface area contributed by atoms with Crippen molar-refractivity contribution in [1.29, 1.82) is 0 Å². The largest absolute Gasteiger partial charge is 0.369 e. The number of benzene rings is 1. The molecule has 1 aromatic carbocycles. The van der Waals surface area contributed by atoms with Crippen LogP contribution in [0.15, 0.2) is 30.3 Å². The summed E-state index contributed by atoms with van der Waals surface area (Å²) in [5.41, 5.74) is 7.16. The Hall–Kier alpha value is -1.39. The van der Waals surface area contributed by atoms with Crippen LogP contribution in [-0.4, -0.2) is 43.2 Å². The van der Waals surface area contributed by atoms with Crippen molar-refractivity contribution in [1.82, 2.24) is 4.90 Å². The normalized spacial score (nSPS) is 23.9. The molecule has 1 saturated heterocycles. The summed E-state index contributed by atoms with van der Waals surface area (Å²) in [6.07, 6.45) is -0.368. The Morgan fingerprint density at radius 2 is 2.10 bits per heavy atom. The summed E-state index contributed by atoms with van der Waals surface area (Å²) in [5.74, 6) is 0.734. The summed E-state index contributed by atoms with van der Waals surface area (Å²) in [6.45, 7) is 6.35. The number of amides is 1. The lowest BCUT2D eigenvalue weighted by Crippen LogP contribution is -2.38. The summed E-state index contributed by atoms with van der Waals surface area (Å²) in [7, 11) is 0. The van der Waals surface area contributed by atoms with Gasteiger partial charge in [-0.25, -0.2) is 0 Å². The van der Waals surface area contributed by atoms with Crippen molar-refractivity contribution in [2.45, 2.75) is 25.9 Å². The van der Waals surface area contributed by atoms with Crippen molar-refractivity contribution >= 4 is 5.91 Å². The summed E-state index contributed by atoms with van der Waals surface area (Å²) >= 11 is 0. The van der Waals surface area contributed by atoms with Crippen LogP contribution >= 0.6 is 0 Å². The number of nitrogens with two attached hydrogens (primary N) is 1. The van der Waals surface area contributed by atoms with Crippen LogP contribution < -0.4 is 5.73 Å². The van der Waals surface area contributed by atoms with Crippen LogP contribution in [0, 0.1) is 5.92 Å². The molecule has 0 aromatic heterocycles. The van der Waals surface area contributed by atoms with Gasteiger partial charge in [0.05, 0.1) is 0 Å². The molecular formula is C16H24N2O2. The monoisotopic (exact) mass is 276 g/mol. The van der Waals surface area contributed by atoms with E-state index >= 15 is 0 Å². The standard InChI is InChI=1S/C16H24N2O2/c1-3-20-12(2)16(19)18-10-14(9-17)15(11-18)13-7-5-4-6-8-13/h4-8,12,14-15H,3,9-11,17H2,1-2H3/t12?,14-,15+/m1/s1. The average Bonchev–Trinajstić information content (AvgIpc) is 2.91. The molecule has 1 unspecified atom stereocenters. The third kappa shape index (κ3) is 3.19. The maximum absolute atomic E-state index is 12.3. The van der Waals surface area contributed by atoms with Gasteiger partial charge in [-0.1, -0.05) is 30.3 Å². The zero-order valence-corrected chi connectivity index (χ0v) is 12.3. The van der Waals surface area contributed by atoms with E-state index in [2.05, 4.69) is 12.1 Å². The van der Waals surface area contributed by atoms with Crippen LogP contribution in [0.3, 0.4) is 0 Å².